The van der Waals surface area contributed by atoms with E-state index < -0.39 is 5.97 Å². The minimum absolute atomic E-state index is 0.0143. The minimum atomic E-state index is -0.922. The van der Waals surface area contributed by atoms with Crippen LogP contribution in [0.25, 0.3) is 0 Å². The van der Waals surface area contributed by atoms with Gasteiger partial charge in [-0.15, -0.1) is 11.3 Å². The summed E-state index contributed by atoms with van der Waals surface area (Å²) in [6, 6.07) is 5.36. The minimum Gasteiger partial charge on any atom is -0.478 e. The smallest absolute Gasteiger partial charge is 0.337 e. The van der Waals surface area contributed by atoms with Gasteiger partial charge in [0.25, 0.3) is 0 Å². The fraction of sp³-hybridized carbons (Fsp3) is 0.286. The molecule has 19 heavy (non-hydrogen) atoms. The van der Waals surface area contributed by atoms with Gasteiger partial charge in [-0.2, -0.15) is 0 Å². The van der Waals surface area contributed by atoms with Crippen molar-refractivity contribution < 1.29 is 9.90 Å². The van der Waals surface area contributed by atoms with Gasteiger partial charge in [0.15, 0.2) is 0 Å². The maximum absolute atomic E-state index is 11.2. The topological polar surface area (TPSA) is 62.2 Å². The Morgan fingerprint density at radius 1 is 1.42 bits per heavy atom. The number of anilines is 1. The Hall–Kier alpha value is -1.88. The zero-order valence-corrected chi connectivity index (χ0v) is 11.9. The van der Waals surface area contributed by atoms with E-state index in [0.29, 0.717) is 11.3 Å². The number of carboxylic acids is 1. The van der Waals surface area contributed by atoms with Gasteiger partial charge in [0.1, 0.15) is 5.01 Å². The molecular weight excluding hydrogens is 260 g/mol. The lowest BCUT2D eigenvalue weighted by molar-refractivity contribution is 0.0698. The quantitative estimate of drug-likeness (QED) is 0.895. The number of nitrogens with zero attached hydrogens (tertiary/aromatic N) is 1. The van der Waals surface area contributed by atoms with E-state index in [0.717, 1.165) is 16.3 Å². The molecule has 0 bridgehead atoms. The Morgan fingerprint density at radius 3 is 2.74 bits per heavy atom. The molecule has 2 rings (SSSR count). The SMILES string of the molecule is Cc1ccc(NC(C)c2nc(C)cs2)c(C(=O)O)c1. The van der Waals surface area contributed by atoms with E-state index in [1.807, 2.05) is 32.2 Å². The summed E-state index contributed by atoms with van der Waals surface area (Å²) >= 11 is 1.57. The molecule has 0 aliphatic rings. The number of hydrogen-bond acceptors (Lipinski definition) is 4. The van der Waals surface area contributed by atoms with Gasteiger partial charge in [-0.1, -0.05) is 11.6 Å². The van der Waals surface area contributed by atoms with Crippen molar-refractivity contribution in [2.75, 3.05) is 5.32 Å². The van der Waals surface area contributed by atoms with Crippen LogP contribution in [0.1, 0.15) is 39.6 Å². The van der Waals surface area contributed by atoms with E-state index in [9.17, 15) is 9.90 Å². The zero-order chi connectivity index (χ0) is 14.0. The Kier molecular flexibility index (Phi) is 3.85. The van der Waals surface area contributed by atoms with Gasteiger partial charge in [-0.3, -0.25) is 0 Å². The standard InChI is InChI=1S/C14H16N2O2S/c1-8-4-5-12(11(6-8)14(17)18)16-10(3)13-15-9(2)7-19-13/h4-7,10,16H,1-3H3,(H,17,18). The van der Waals surface area contributed by atoms with Crippen molar-refractivity contribution in [3.63, 3.8) is 0 Å². The Labute approximate surface area is 116 Å². The summed E-state index contributed by atoms with van der Waals surface area (Å²) < 4.78 is 0. The molecule has 2 N–H and O–H groups in total. The molecule has 0 radical (unpaired) electrons. The number of aromatic nitrogens is 1. The summed E-state index contributed by atoms with van der Waals surface area (Å²) in [5.74, 6) is -0.922. The molecule has 1 heterocycles. The average Bonchev–Trinajstić information content (AvgIpc) is 2.78. The molecule has 4 nitrogen and oxygen atoms in total. The number of aromatic carboxylic acids is 1. The summed E-state index contributed by atoms with van der Waals surface area (Å²) in [7, 11) is 0. The molecule has 2 aromatic rings. The Morgan fingerprint density at radius 2 is 2.16 bits per heavy atom. The first-order valence-electron chi connectivity index (χ1n) is 6.00. The molecule has 0 spiro atoms. The van der Waals surface area contributed by atoms with Crippen LogP contribution in [0.4, 0.5) is 5.69 Å². The number of thiazole rings is 1. The number of carboxylic acid groups (broad SMARTS) is 1. The molecule has 0 saturated heterocycles. The summed E-state index contributed by atoms with van der Waals surface area (Å²) in [5.41, 5.74) is 2.83. The van der Waals surface area contributed by atoms with Gasteiger partial charge in [0, 0.05) is 16.8 Å². The van der Waals surface area contributed by atoms with Crippen LogP contribution in [0.15, 0.2) is 23.6 Å². The highest BCUT2D eigenvalue weighted by atomic mass is 32.1. The van der Waals surface area contributed by atoms with Gasteiger partial charge < -0.3 is 10.4 Å². The van der Waals surface area contributed by atoms with Gasteiger partial charge in [0.2, 0.25) is 0 Å². The molecule has 1 aromatic heterocycles. The number of nitrogens with one attached hydrogen (secondary N) is 1. The van der Waals surface area contributed by atoms with Gasteiger partial charge in [-0.05, 0) is 32.9 Å². The largest absolute Gasteiger partial charge is 0.478 e. The number of rotatable bonds is 4. The van der Waals surface area contributed by atoms with E-state index in [-0.39, 0.29) is 6.04 Å². The average molecular weight is 276 g/mol. The van der Waals surface area contributed by atoms with Crippen molar-refractivity contribution in [2.45, 2.75) is 26.8 Å². The number of aryl methyl sites for hydroxylation is 2. The Balaban J connectivity index is 2.26. The molecule has 1 atom stereocenters. The second-order valence-electron chi connectivity index (χ2n) is 4.55. The molecule has 0 aliphatic heterocycles. The third kappa shape index (κ3) is 3.12. The van der Waals surface area contributed by atoms with Crippen LogP contribution in [-0.2, 0) is 0 Å². The first-order chi connectivity index (χ1) is 8.97. The molecule has 0 saturated carbocycles. The molecule has 5 heteroatoms. The monoisotopic (exact) mass is 276 g/mol. The van der Waals surface area contributed by atoms with Crippen LogP contribution < -0.4 is 5.32 Å². The van der Waals surface area contributed by atoms with E-state index in [1.54, 1.807) is 23.5 Å². The molecule has 0 fully saturated rings. The van der Waals surface area contributed by atoms with E-state index >= 15 is 0 Å². The third-order valence-corrected chi connectivity index (χ3v) is 3.93. The molecular formula is C14H16N2O2S. The fourth-order valence-electron chi connectivity index (χ4n) is 1.83. The van der Waals surface area contributed by atoms with E-state index in [4.69, 9.17) is 0 Å². The number of benzene rings is 1. The fourth-order valence-corrected chi connectivity index (χ4v) is 2.63. The van der Waals surface area contributed by atoms with Crippen LogP contribution in [0.2, 0.25) is 0 Å². The predicted octanol–water partition coefficient (Wildman–Crippen LogP) is 3.63. The van der Waals surface area contributed by atoms with Gasteiger partial charge in [0.05, 0.1) is 11.6 Å². The van der Waals surface area contributed by atoms with E-state index in [1.165, 1.54) is 0 Å². The van der Waals surface area contributed by atoms with Gasteiger partial charge >= 0.3 is 5.97 Å². The number of hydrogen-bond donors (Lipinski definition) is 2. The summed E-state index contributed by atoms with van der Waals surface area (Å²) in [5, 5.41) is 15.4. The van der Waals surface area contributed by atoms with Crippen molar-refractivity contribution in [1.82, 2.24) is 4.98 Å². The highest BCUT2D eigenvalue weighted by Crippen LogP contribution is 2.25. The lowest BCUT2D eigenvalue weighted by Gasteiger charge is -2.15. The first kappa shape index (κ1) is 13.5. The van der Waals surface area contributed by atoms with Crippen LogP contribution in [-0.4, -0.2) is 16.1 Å². The first-order valence-corrected chi connectivity index (χ1v) is 6.88. The Bertz CT molecular complexity index is 607. The normalized spacial score (nSPS) is 12.2. The second-order valence-corrected chi connectivity index (χ2v) is 5.44. The van der Waals surface area contributed by atoms with Crippen LogP contribution >= 0.6 is 11.3 Å². The van der Waals surface area contributed by atoms with Crippen LogP contribution in [0.3, 0.4) is 0 Å². The van der Waals surface area contributed by atoms with Crippen molar-refractivity contribution in [3.8, 4) is 0 Å². The van der Waals surface area contributed by atoms with Crippen molar-refractivity contribution in [3.05, 3.63) is 45.4 Å². The lowest BCUT2D eigenvalue weighted by atomic mass is 10.1. The molecule has 1 aromatic carbocycles. The summed E-state index contributed by atoms with van der Waals surface area (Å²) in [6.07, 6.45) is 0. The maximum Gasteiger partial charge on any atom is 0.337 e. The third-order valence-electron chi connectivity index (χ3n) is 2.78. The number of carbonyl (C=O) groups is 1. The van der Waals surface area contributed by atoms with E-state index in [2.05, 4.69) is 10.3 Å². The van der Waals surface area contributed by atoms with Crippen molar-refractivity contribution >= 4 is 23.0 Å². The van der Waals surface area contributed by atoms with Crippen LogP contribution in [0, 0.1) is 13.8 Å². The molecule has 0 aliphatic carbocycles. The lowest BCUT2D eigenvalue weighted by Crippen LogP contribution is -2.10. The predicted molar refractivity (Wildman–Crippen MR) is 77.0 cm³/mol. The van der Waals surface area contributed by atoms with Crippen molar-refractivity contribution in [2.24, 2.45) is 0 Å². The summed E-state index contributed by atoms with van der Waals surface area (Å²) in [4.78, 5) is 15.7. The molecule has 1 unspecified atom stereocenters. The van der Waals surface area contributed by atoms with Crippen molar-refractivity contribution in [1.29, 1.82) is 0 Å². The summed E-state index contributed by atoms with van der Waals surface area (Å²) in [6.45, 7) is 5.80. The maximum atomic E-state index is 11.2. The highest BCUT2D eigenvalue weighted by molar-refractivity contribution is 7.09. The van der Waals surface area contributed by atoms with Crippen LogP contribution in [0.5, 0.6) is 0 Å². The molecule has 0 amide bonds. The molecule has 100 valence electrons. The zero-order valence-electron chi connectivity index (χ0n) is 11.1. The highest BCUT2D eigenvalue weighted by Gasteiger charge is 2.14. The second kappa shape index (κ2) is 5.40. The van der Waals surface area contributed by atoms with Gasteiger partial charge in [-0.25, -0.2) is 9.78 Å².